The zero-order valence-electron chi connectivity index (χ0n) is 23.7. The van der Waals surface area contributed by atoms with Gasteiger partial charge in [0.1, 0.15) is 22.8 Å². The summed E-state index contributed by atoms with van der Waals surface area (Å²) in [4.78, 5) is 39.6. The lowest BCUT2D eigenvalue weighted by atomic mass is 9.77. The molecule has 1 saturated heterocycles. The van der Waals surface area contributed by atoms with Crippen LogP contribution in [-0.2, 0) is 24.6 Å². The van der Waals surface area contributed by atoms with E-state index >= 15 is 0 Å². The van der Waals surface area contributed by atoms with Crippen LogP contribution < -0.4 is 14.4 Å². The van der Waals surface area contributed by atoms with E-state index < -0.39 is 35.0 Å². The third-order valence-corrected chi connectivity index (χ3v) is 8.06. The summed E-state index contributed by atoms with van der Waals surface area (Å²) in [7, 11) is 1.48. The van der Waals surface area contributed by atoms with Gasteiger partial charge in [-0.3, -0.25) is 4.79 Å². The maximum Gasteiger partial charge on any atom is 0.340 e. The summed E-state index contributed by atoms with van der Waals surface area (Å²) in [5.41, 5.74) is -0.0201. The summed E-state index contributed by atoms with van der Waals surface area (Å²) < 4.78 is 28.7. The van der Waals surface area contributed by atoms with Crippen molar-refractivity contribution >= 4 is 46.8 Å². The van der Waals surface area contributed by atoms with Gasteiger partial charge in [-0.15, -0.1) is 0 Å². The van der Waals surface area contributed by atoms with Crippen molar-refractivity contribution in [2.24, 2.45) is 5.92 Å². The summed E-state index contributed by atoms with van der Waals surface area (Å²) >= 11 is 13.4. The molecule has 6 rings (SSSR count). The molecule has 1 unspecified atom stereocenters. The van der Waals surface area contributed by atoms with Crippen molar-refractivity contribution in [3.8, 4) is 17.2 Å². The Morgan fingerprint density at radius 3 is 2.35 bits per heavy atom. The molecular weight excluding hydrogens is 601 g/mol. The number of anilines is 1. The summed E-state index contributed by atoms with van der Waals surface area (Å²) in [6.07, 6.45) is 0. The summed E-state index contributed by atoms with van der Waals surface area (Å²) in [5, 5.41) is 9.89. The van der Waals surface area contributed by atoms with Crippen LogP contribution in [0.1, 0.15) is 58.2 Å². The lowest BCUT2D eigenvalue weighted by Crippen LogP contribution is -2.50. The van der Waals surface area contributed by atoms with Gasteiger partial charge in [0.05, 0.1) is 32.8 Å². The summed E-state index contributed by atoms with van der Waals surface area (Å²) in [6, 6.07) is 11.2. The third-order valence-electron chi connectivity index (χ3n) is 7.46. The quantitative estimate of drug-likeness (QED) is 0.256. The number of nitrogens with zero attached hydrogens (tertiary/aromatic N) is 1. The van der Waals surface area contributed by atoms with Gasteiger partial charge in [-0.1, -0.05) is 29.3 Å². The van der Waals surface area contributed by atoms with Crippen molar-refractivity contribution in [3.05, 3.63) is 80.3 Å². The molecule has 12 heteroatoms. The molecule has 3 aromatic rings. The molecule has 224 valence electrons. The molecule has 0 radical (unpaired) electrons. The van der Waals surface area contributed by atoms with Gasteiger partial charge in [-0.2, -0.15) is 0 Å². The molecule has 3 aromatic carbocycles. The van der Waals surface area contributed by atoms with Crippen molar-refractivity contribution in [3.63, 3.8) is 0 Å². The number of methoxy groups -OCH3 is 1. The van der Waals surface area contributed by atoms with E-state index in [0.717, 1.165) is 0 Å². The molecule has 1 fully saturated rings. The van der Waals surface area contributed by atoms with Gasteiger partial charge in [0.25, 0.3) is 0 Å². The number of rotatable bonds is 6. The monoisotopic (exact) mass is 627 g/mol. The van der Waals surface area contributed by atoms with Gasteiger partial charge in [0.2, 0.25) is 0 Å². The van der Waals surface area contributed by atoms with Crippen LogP contribution in [0.25, 0.3) is 0 Å². The van der Waals surface area contributed by atoms with Crippen LogP contribution in [0.4, 0.5) is 5.69 Å². The Labute approximate surface area is 256 Å². The Morgan fingerprint density at radius 1 is 1.02 bits per heavy atom. The number of carboxylic acid groups (broad SMARTS) is 1. The second-order valence-corrected chi connectivity index (χ2v) is 12.3. The van der Waals surface area contributed by atoms with Crippen LogP contribution in [0.2, 0.25) is 10.0 Å². The SMILES string of the molecule is COCOc1cc2c(cc1Cl)C1(OC(=O)c3cc(C(=O)OC(C)(C)C)ccc31)c1cc(Cl)c(N3CC(C(=O)O)C3)cc1O2. The molecule has 43 heavy (non-hydrogen) atoms. The van der Waals surface area contributed by atoms with E-state index in [0.29, 0.717) is 38.9 Å². The number of carbonyl (C=O) groups excluding carboxylic acids is 2. The van der Waals surface area contributed by atoms with Gasteiger partial charge >= 0.3 is 17.9 Å². The van der Waals surface area contributed by atoms with Crippen LogP contribution in [0.5, 0.6) is 17.2 Å². The maximum absolute atomic E-state index is 13.5. The van der Waals surface area contributed by atoms with Crippen LogP contribution in [0.3, 0.4) is 0 Å². The van der Waals surface area contributed by atoms with Gasteiger partial charge in [0, 0.05) is 49.0 Å². The standard InChI is InChI=1S/C31H27Cl2NO9/c1-30(2,3)42-28(37)15-5-6-18-17(7-15)29(38)43-31(18)19-8-21(32)23(34-12-16(13-34)27(35)36)10-24(19)41-25-11-26(40-14-39-4)22(33)9-20(25)31/h5-11,16H,12-14H2,1-4H3,(H,35,36). The first-order valence-corrected chi connectivity index (χ1v) is 14.1. The number of aliphatic carboxylic acids is 1. The Hall–Kier alpha value is -3.99. The van der Waals surface area contributed by atoms with E-state index in [1.54, 1.807) is 57.2 Å². The molecule has 1 spiro atoms. The van der Waals surface area contributed by atoms with Crippen LogP contribution in [0.15, 0.2) is 42.5 Å². The predicted octanol–water partition coefficient (Wildman–Crippen LogP) is 6.02. The number of carbonyl (C=O) groups is 3. The molecule has 0 amide bonds. The fourth-order valence-corrected chi connectivity index (χ4v) is 6.00. The first-order chi connectivity index (χ1) is 20.3. The molecule has 1 N–H and O–H groups in total. The number of hydrogen-bond donors (Lipinski definition) is 1. The number of hydrogen-bond acceptors (Lipinski definition) is 9. The molecule has 3 heterocycles. The van der Waals surface area contributed by atoms with Crippen molar-refractivity contribution < 1.29 is 43.2 Å². The number of benzene rings is 3. The molecular formula is C31H27Cl2NO9. The zero-order valence-corrected chi connectivity index (χ0v) is 25.2. The number of carboxylic acids is 1. The molecule has 3 aliphatic rings. The molecule has 0 aromatic heterocycles. The second kappa shape index (κ2) is 10.3. The highest BCUT2D eigenvalue weighted by atomic mass is 35.5. The van der Waals surface area contributed by atoms with Gasteiger partial charge in [-0.05, 0) is 45.0 Å². The van der Waals surface area contributed by atoms with Gasteiger partial charge in [0.15, 0.2) is 12.4 Å². The molecule has 0 aliphatic carbocycles. The van der Waals surface area contributed by atoms with Crippen molar-refractivity contribution in [1.29, 1.82) is 0 Å². The Balaban J connectivity index is 1.52. The molecule has 1 atom stereocenters. The average Bonchev–Trinajstić information content (AvgIpc) is 3.19. The van der Waals surface area contributed by atoms with Crippen LogP contribution >= 0.6 is 23.2 Å². The number of esters is 2. The molecule has 0 saturated carbocycles. The molecule has 3 aliphatic heterocycles. The van der Waals surface area contributed by atoms with Crippen molar-refractivity contribution in [2.75, 3.05) is 31.9 Å². The van der Waals surface area contributed by atoms with Crippen molar-refractivity contribution in [1.82, 2.24) is 0 Å². The highest BCUT2D eigenvalue weighted by Crippen LogP contribution is 2.59. The Morgan fingerprint density at radius 2 is 1.70 bits per heavy atom. The summed E-state index contributed by atoms with van der Waals surface area (Å²) in [5.74, 6) is -1.71. The second-order valence-electron chi connectivity index (χ2n) is 11.5. The largest absolute Gasteiger partial charge is 0.481 e. The number of fused-ring (bicyclic) bond motifs is 6. The van der Waals surface area contributed by atoms with Gasteiger partial charge < -0.3 is 33.7 Å². The Kier molecular flexibility index (Phi) is 6.99. The zero-order chi connectivity index (χ0) is 30.8. The highest BCUT2D eigenvalue weighted by molar-refractivity contribution is 6.33. The van der Waals surface area contributed by atoms with E-state index in [4.69, 9.17) is 46.9 Å². The third kappa shape index (κ3) is 4.83. The summed E-state index contributed by atoms with van der Waals surface area (Å²) in [6.45, 7) is 5.77. The fraction of sp³-hybridized carbons (Fsp3) is 0.323. The van der Waals surface area contributed by atoms with Gasteiger partial charge in [-0.25, -0.2) is 9.59 Å². The first-order valence-electron chi connectivity index (χ1n) is 13.4. The molecule has 10 nitrogen and oxygen atoms in total. The number of ether oxygens (including phenoxy) is 5. The average molecular weight is 628 g/mol. The van der Waals surface area contributed by atoms with Crippen LogP contribution in [0, 0.1) is 5.92 Å². The van der Waals surface area contributed by atoms with E-state index in [9.17, 15) is 19.5 Å². The van der Waals surface area contributed by atoms with Crippen molar-refractivity contribution in [2.45, 2.75) is 32.0 Å². The fourth-order valence-electron chi connectivity index (χ4n) is 5.50. The lowest BCUT2D eigenvalue weighted by Gasteiger charge is -2.41. The van der Waals surface area contributed by atoms with Crippen LogP contribution in [-0.4, -0.2) is 55.6 Å². The van der Waals surface area contributed by atoms with E-state index in [2.05, 4.69) is 0 Å². The van der Waals surface area contributed by atoms with E-state index in [1.165, 1.54) is 13.2 Å². The topological polar surface area (TPSA) is 121 Å². The minimum absolute atomic E-state index is 0.0645. The minimum atomic E-state index is -1.54. The maximum atomic E-state index is 13.5. The first kappa shape index (κ1) is 29.1. The molecule has 0 bridgehead atoms. The highest BCUT2D eigenvalue weighted by Gasteiger charge is 2.54. The number of halogens is 2. The predicted molar refractivity (Wildman–Crippen MR) is 156 cm³/mol. The van der Waals surface area contributed by atoms with E-state index in [1.807, 2.05) is 4.90 Å². The Bertz CT molecular complexity index is 1690. The smallest absolute Gasteiger partial charge is 0.340 e. The minimum Gasteiger partial charge on any atom is -0.481 e. The normalized spacial score (nSPS) is 18.7. The lowest BCUT2D eigenvalue weighted by molar-refractivity contribution is -0.142. The van der Waals surface area contributed by atoms with E-state index in [-0.39, 0.29) is 41.8 Å².